The van der Waals surface area contributed by atoms with Crippen LogP contribution in [0.4, 0.5) is 5.69 Å². The highest BCUT2D eigenvalue weighted by atomic mass is 35.5. The molecule has 0 aliphatic carbocycles. The van der Waals surface area contributed by atoms with Gasteiger partial charge in [-0.3, -0.25) is 4.79 Å². The highest BCUT2D eigenvalue weighted by molar-refractivity contribution is 6.30. The van der Waals surface area contributed by atoms with Crippen molar-refractivity contribution in [2.24, 2.45) is 0 Å². The van der Waals surface area contributed by atoms with Gasteiger partial charge in [0.15, 0.2) is 11.7 Å². The second-order valence-corrected chi connectivity index (χ2v) is 5.98. The number of amides is 1. The molecule has 1 N–H and O–H groups in total. The summed E-state index contributed by atoms with van der Waals surface area (Å²) in [5.41, 5.74) is 2.89. The highest BCUT2D eigenvalue weighted by Gasteiger charge is 2.09. The van der Waals surface area contributed by atoms with Gasteiger partial charge in [-0.15, -0.1) is 0 Å². The van der Waals surface area contributed by atoms with Gasteiger partial charge in [-0.2, -0.15) is 0 Å². The zero-order valence-corrected chi connectivity index (χ0v) is 14.0. The summed E-state index contributed by atoms with van der Waals surface area (Å²) in [6.07, 6.45) is 2.44. The Morgan fingerprint density at radius 1 is 1.12 bits per heavy atom. The van der Waals surface area contributed by atoms with E-state index in [1.54, 1.807) is 30.5 Å². The molecule has 1 heterocycles. The fourth-order valence-electron chi connectivity index (χ4n) is 2.25. The molecule has 0 unspecified atom stereocenters. The molecular weight excluding hydrogens is 324 g/mol. The van der Waals surface area contributed by atoms with E-state index in [1.807, 2.05) is 31.2 Å². The van der Waals surface area contributed by atoms with Crippen LogP contribution in [0.3, 0.4) is 0 Å². The average molecular weight is 341 g/mol. The maximum absolute atomic E-state index is 12.0. The Labute approximate surface area is 145 Å². The monoisotopic (exact) mass is 340 g/mol. The van der Waals surface area contributed by atoms with Crippen LogP contribution in [0, 0.1) is 6.92 Å². The summed E-state index contributed by atoms with van der Waals surface area (Å²) in [5.74, 6) is 1.17. The second kappa shape index (κ2) is 7.32. The molecule has 0 radical (unpaired) electrons. The third-order valence-electron chi connectivity index (χ3n) is 3.58. The van der Waals surface area contributed by atoms with Crippen LogP contribution in [0.25, 0.3) is 11.3 Å². The van der Waals surface area contributed by atoms with E-state index in [9.17, 15) is 4.79 Å². The van der Waals surface area contributed by atoms with Crippen LogP contribution in [0.5, 0.6) is 0 Å². The van der Waals surface area contributed by atoms with Crippen molar-refractivity contribution in [3.05, 3.63) is 71.2 Å². The number of hydrogen-bond acceptors (Lipinski definition) is 3. The third kappa shape index (κ3) is 4.24. The summed E-state index contributed by atoms with van der Waals surface area (Å²) in [6.45, 7) is 2.04. The minimum Gasteiger partial charge on any atom is -0.441 e. The van der Waals surface area contributed by atoms with Crippen molar-refractivity contribution in [3.63, 3.8) is 0 Å². The van der Waals surface area contributed by atoms with E-state index in [2.05, 4.69) is 10.3 Å². The van der Waals surface area contributed by atoms with Gasteiger partial charge in [0.25, 0.3) is 0 Å². The molecule has 4 nitrogen and oxygen atoms in total. The number of rotatable bonds is 5. The van der Waals surface area contributed by atoms with Gasteiger partial charge in [-0.1, -0.05) is 41.4 Å². The van der Waals surface area contributed by atoms with E-state index >= 15 is 0 Å². The minimum absolute atomic E-state index is 0.0904. The van der Waals surface area contributed by atoms with Gasteiger partial charge in [0, 0.05) is 29.1 Å². The number of anilines is 1. The van der Waals surface area contributed by atoms with Gasteiger partial charge in [-0.25, -0.2) is 4.98 Å². The smallest absolute Gasteiger partial charge is 0.224 e. The summed E-state index contributed by atoms with van der Waals surface area (Å²) in [7, 11) is 0. The zero-order valence-electron chi connectivity index (χ0n) is 13.3. The molecule has 0 spiro atoms. The number of carbonyl (C=O) groups excluding carboxylic acids is 1. The van der Waals surface area contributed by atoms with Crippen molar-refractivity contribution < 1.29 is 9.21 Å². The molecule has 0 saturated heterocycles. The lowest BCUT2D eigenvalue weighted by Gasteiger charge is -2.04. The molecule has 3 rings (SSSR count). The summed E-state index contributed by atoms with van der Waals surface area (Å²) < 4.78 is 5.72. The summed E-state index contributed by atoms with van der Waals surface area (Å²) in [6, 6.07) is 15.0. The van der Waals surface area contributed by atoms with Crippen molar-refractivity contribution in [3.8, 4) is 11.3 Å². The zero-order chi connectivity index (χ0) is 16.9. The lowest BCUT2D eigenvalue weighted by Crippen LogP contribution is -2.12. The van der Waals surface area contributed by atoms with E-state index in [0.717, 1.165) is 11.3 Å². The Hall–Kier alpha value is -2.59. The van der Waals surface area contributed by atoms with Crippen molar-refractivity contribution in [1.82, 2.24) is 4.98 Å². The number of nitrogens with zero attached hydrogens (tertiary/aromatic N) is 1. The first-order valence-corrected chi connectivity index (χ1v) is 8.05. The van der Waals surface area contributed by atoms with Crippen molar-refractivity contribution in [2.75, 3.05) is 5.32 Å². The number of nitrogens with one attached hydrogen (secondary N) is 1. The van der Waals surface area contributed by atoms with Crippen LogP contribution in [0.15, 0.2) is 59.1 Å². The number of carbonyl (C=O) groups is 1. The molecule has 0 bridgehead atoms. The first-order chi connectivity index (χ1) is 11.6. The van der Waals surface area contributed by atoms with Crippen LogP contribution in [-0.4, -0.2) is 10.9 Å². The Bertz CT molecular complexity index is 823. The molecular formula is C19H17ClN2O2. The Morgan fingerprint density at radius 3 is 2.54 bits per heavy atom. The number of hydrogen-bond donors (Lipinski definition) is 1. The normalized spacial score (nSPS) is 10.6. The number of oxazole rings is 1. The standard InChI is InChI=1S/C19H17ClN2O2/c1-13-2-4-14(5-3-13)17-12-21-19(24-17)11-10-18(23)22-16-8-6-15(20)7-9-16/h2-9,12H,10-11H2,1H3,(H,22,23). The molecule has 2 aromatic carbocycles. The molecule has 0 aliphatic heterocycles. The fourth-order valence-corrected chi connectivity index (χ4v) is 2.38. The third-order valence-corrected chi connectivity index (χ3v) is 3.84. The first kappa shape index (κ1) is 16.3. The molecule has 24 heavy (non-hydrogen) atoms. The number of aryl methyl sites for hydroxylation is 2. The summed E-state index contributed by atoms with van der Waals surface area (Å²) >= 11 is 5.82. The molecule has 5 heteroatoms. The van der Waals surface area contributed by atoms with Crippen LogP contribution < -0.4 is 5.32 Å². The lowest BCUT2D eigenvalue weighted by atomic mass is 10.1. The maximum atomic E-state index is 12.0. The van der Waals surface area contributed by atoms with Crippen LogP contribution >= 0.6 is 11.6 Å². The molecule has 0 fully saturated rings. The molecule has 0 saturated carbocycles. The molecule has 0 atom stereocenters. The largest absolute Gasteiger partial charge is 0.441 e. The molecule has 1 aromatic heterocycles. The Kier molecular flexibility index (Phi) is 4.96. The molecule has 122 valence electrons. The first-order valence-electron chi connectivity index (χ1n) is 7.67. The van der Waals surface area contributed by atoms with Crippen LogP contribution in [0.2, 0.25) is 5.02 Å². The van der Waals surface area contributed by atoms with E-state index < -0.39 is 0 Å². The van der Waals surface area contributed by atoms with Crippen LogP contribution in [0.1, 0.15) is 17.9 Å². The van der Waals surface area contributed by atoms with Gasteiger partial charge in [0.05, 0.1) is 6.20 Å². The SMILES string of the molecule is Cc1ccc(-c2cnc(CCC(=O)Nc3ccc(Cl)cc3)o2)cc1. The fraction of sp³-hybridized carbons (Fsp3) is 0.158. The van der Waals surface area contributed by atoms with Gasteiger partial charge in [0.1, 0.15) is 0 Å². The highest BCUT2D eigenvalue weighted by Crippen LogP contribution is 2.21. The predicted octanol–water partition coefficient (Wildman–Crippen LogP) is 4.87. The van der Waals surface area contributed by atoms with Gasteiger partial charge in [0.2, 0.25) is 5.91 Å². The Morgan fingerprint density at radius 2 is 1.83 bits per heavy atom. The molecule has 3 aromatic rings. The minimum atomic E-state index is -0.0904. The number of aromatic nitrogens is 1. The van der Waals surface area contributed by atoms with Crippen molar-refractivity contribution in [1.29, 1.82) is 0 Å². The van der Waals surface area contributed by atoms with Crippen LogP contribution in [-0.2, 0) is 11.2 Å². The Balaban J connectivity index is 1.56. The molecule has 0 aliphatic rings. The lowest BCUT2D eigenvalue weighted by molar-refractivity contribution is -0.116. The molecule has 1 amide bonds. The summed E-state index contributed by atoms with van der Waals surface area (Å²) in [5, 5.41) is 3.45. The number of halogens is 1. The second-order valence-electron chi connectivity index (χ2n) is 5.54. The van der Waals surface area contributed by atoms with Crippen molar-refractivity contribution >= 4 is 23.2 Å². The van der Waals surface area contributed by atoms with E-state index in [1.165, 1.54) is 5.56 Å². The van der Waals surface area contributed by atoms with Crippen molar-refractivity contribution in [2.45, 2.75) is 19.8 Å². The quantitative estimate of drug-likeness (QED) is 0.720. The van der Waals surface area contributed by atoms with Gasteiger partial charge in [-0.05, 0) is 31.2 Å². The topological polar surface area (TPSA) is 55.1 Å². The summed E-state index contributed by atoms with van der Waals surface area (Å²) in [4.78, 5) is 16.2. The van der Waals surface area contributed by atoms with E-state index in [0.29, 0.717) is 29.5 Å². The maximum Gasteiger partial charge on any atom is 0.224 e. The van der Waals surface area contributed by atoms with E-state index in [4.69, 9.17) is 16.0 Å². The van der Waals surface area contributed by atoms with E-state index in [-0.39, 0.29) is 5.91 Å². The van der Waals surface area contributed by atoms with Gasteiger partial charge >= 0.3 is 0 Å². The number of benzene rings is 2. The predicted molar refractivity (Wildman–Crippen MR) is 95.1 cm³/mol. The van der Waals surface area contributed by atoms with Gasteiger partial charge < -0.3 is 9.73 Å². The average Bonchev–Trinajstić information content (AvgIpc) is 3.05.